The minimum atomic E-state index is -0.968. The molecule has 0 fully saturated rings. The lowest BCUT2D eigenvalue weighted by molar-refractivity contribution is 0.0802. The predicted octanol–water partition coefficient (Wildman–Crippen LogP) is 2.31. The Hall–Kier alpha value is -2.35. The van der Waals surface area contributed by atoms with E-state index in [2.05, 4.69) is 29.1 Å². The molecular formula is C19H21N3O3S. The molecule has 1 aromatic carbocycles. The molecule has 0 saturated carbocycles. The van der Waals surface area contributed by atoms with Crippen molar-refractivity contribution >= 4 is 27.5 Å². The number of hydrogen-bond donors (Lipinski definition) is 3. The van der Waals surface area contributed by atoms with Crippen LogP contribution >= 0.6 is 11.3 Å². The van der Waals surface area contributed by atoms with Gasteiger partial charge in [0.1, 0.15) is 11.2 Å². The highest BCUT2D eigenvalue weighted by Gasteiger charge is 2.16. The maximum atomic E-state index is 12.3. The van der Waals surface area contributed by atoms with Gasteiger partial charge in [0.15, 0.2) is 0 Å². The summed E-state index contributed by atoms with van der Waals surface area (Å²) in [5, 5.41) is 21.9. The van der Waals surface area contributed by atoms with E-state index < -0.39 is 12.7 Å². The SMILES string of the molecule is CCc1c(C)sc2ncnc(-c3cccc(C(=O)NC[C@H](O)CO)c3)c12. The second-order valence-electron chi connectivity index (χ2n) is 6.02. The third kappa shape index (κ3) is 3.60. The normalized spacial score (nSPS) is 12.3. The minimum absolute atomic E-state index is 0.00101. The van der Waals surface area contributed by atoms with Gasteiger partial charge in [0, 0.05) is 27.9 Å². The standard InChI is InChI=1S/C19H21N3O3S/c1-3-15-11(2)26-19-16(15)17(21-10-22-19)12-5-4-6-13(7-12)18(25)20-8-14(24)9-23/h4-7,10,14,23-24H,3,8-9H2,1-2H3,(H,20,25)/t14-/m0/s1. The van der Waals surface area contributed by atoms with Crippen LogP contribution < -0.4 is 5.32 Å². The number of hydrogen-bond acceptors (Lipinski definition) is 6. The van der Waals surface area contributed by atoms with Gasteiger partial charge in [-0.05, 0) is 31.0 Å². The predicted molar refractivity (Wildman–Crippen MR) is 102 cm³/mol. The summed E-state index contributed by atoms with van der Waals surface area (Å²) in [4.78, 5) is 23.4. The van der Waals surface area contributed by atoms with E-state index in [-0.39, 0.29) is 12.5 Å². The van der Waals surface area contributed by atoms with Crippen LogP contribution in [0.5, 0.6) is 0 Å². The molecule has 2 aromatic heterocycles. The number of carbonyl (C=O) groups is 1. The average molecular weight is 371 g/mol. The van der Waals surface area contributed by atoms with Crippen molar-refractivity contribution in [3.8, 4) is 11.3 Å². The van der Waals surface area contributed by atoms with Crippen LogP contribution in [0.25, 0.3) is 21.5 Å². The number of rotatable bonds is 6. The Labute approximate surface area is 155 Å². The van der Waals surface area contributed by atoms with Gasteiger partial charge in [-0.2, -0.15) is 0 Å². The fourth-order valence-corrected chi connectivity index (χ4v) is 4.01. The molecule has 0 aliphatic heterocycles. The average Bonchev–Trinajstić information content (AvgIpc) is 3.00. The van der Waals surface area contributed by atoms with Gasteiger partial charge in [0.05, 0.1) is 18.4 Å². The molecule has 0 bridgehead atoms. The quantitative estimate of drug-likeness (QED) is 0.618. The van der Waals surface area contributed by atoms with Crippen LogP contribution in [-0.2, 0) is 6.42 Å². The largest absolute Gasteiger partial charge is 0.394 e. The lowest BCUT2D eigenvalue weighted by atomic mass is 10.0. The van der Waals surface area contributed by atoms with Crippen LogP contribution in [0.3, 0.4) is 0 Å². The second-order valence-corrected chi connectivity index (χ2v) is 7.22. The summed E-state index contributed by atoms with van der Waals surface area (Å²) < 4.78 is 0. The molecule has 1 amide bonds. The van der Waals surface area contributed by atoms with Crippen molar-refractivity contribution in [1.82, 2.24) is 15.3 Å². The van der Waals surface area contributed by atoms with Crippen molar-refractivity contribution in [2.75, 3.05) is 13.2 Å². The molecule has 0 spiro atoms. The Morgan fingerprint density at radius 3 is 2.88 bits per heavy atom. The molecular weight excluding hydrogens is 350 g/mol. The number of aromatic nitrogens is 2. The van der Waals surface area contributed by atoms with Crippen LogP contribution in [0.15, 0.2) is 30.6 Å². The molecule has 3 rings (SSSR count). The second kappa shape index (κ2) is 7.90. The number of fused-ring (bicyclic) bond motifs is 1. The molecule has 0 unspecified atom stereocenters. The van der Waals surface area contributed by atoms with E-state index in [1.165, 1.54) is 10.4 Å². The number of carbonyl (C=O) groups excluding carboxylic acids is 1. The van der Waals surface area contributed by atoms with E-state index in [0.717, 1.165) is 27.9 Å². The molecule has 3 N–H and O–H groups in total. The number of thiophene rings is 1. The molecule has 0 aliphatic carbocycles. The number of aliphatic hydroxyl groups is 2. The van der Waals surface area contributed by atoms with E-state index in [4.69, 9.17) is 5.11 Å². The zero-order valence-corrected chi connectivity index (χ0v) is 15.5. The first kappa shape index (κ1) is 18.4. The van der Waals surface area contributed by atoms with Gasteiger partial charge in [0.25, 0.3) is 5.91 Å². The topological polar surface area (TPSA) is 95.3 Å². The number of aryl methyl sites for hydroxylation is 2. The van der Waals surface area contributed by atoms with Crippen molar-refractivity contribution in [1.29, 1.82) is 0 Å². The lowest BCUT2D eigenvalue weighted by Crippen LogP contribution is -2.33. The van der Waals surface area contributed by atoms with E-state index >= 15 is 0 Å². The summed E-state index contributed by atoms with van der Waals surface area (Å²) >= 11 is 1.65. The van der Waals surface area contributed by atoms with Gasteiger partial charge in [0.2, 0.25) is 0 Å². The monoisotopic (exact) mass is 371 g/mol. The van der Waals surface area contributed by atoms with Crippen LogP contribution in [0.1, 0.15) is 27.7 Å². The maximum Gasteiger partial charge on any atom is 0.251 e. The van der Waals surface area contributed by atoms with Crippen molar-refractivity contribution in [2.45, 2.75) is 26.4 Å². The van der Waals surface area contributed by atoms with E-state index in [0.29, 0.717) is 5.56 Å². The van der Waals surface area contributed by atoms with Crippen molar-refractivity contribution in [3.63, 3.8) is 0 Å². The number of benzene rings is 1. The van der Waals surface area contributed by atoms with E-state index in [1.54, 1.807) is 29.8 Å². The van der Waals surface area contributed by atoms with Gasteiger partial charge in [-0.15, -0.1) is 11.3 Å². The van der Waals surface area contributed by atoms with E-state index in [9.17, 15) is 9.90 Å². The summed E-state index contributed by atoms with van der Waals surface area (Å²) in [5.41, 5.74) is 3.38. The smallest absolute Gasteiger partial charge is 0.251 e. The number of amides is 1. The summed E-state index contributed by atoms with van der Waals surface area (Å²) in [5.74, 6) is -0.304. The fraction of sp³-hybridized carbons (Fsp3) is 0.316. The molecule has 2 heterocycles. The van der Waals surface area contributed by atoms with Gasteiger partial charge < -0.3 is 15.5 Å². The number of nitrogens with zero attached hydrogens (tertiary/aromatic N) is 2. The highest BCUT2D eigenvalue weighted by molar-refractivity contribution is 7.18. The van der Waals surface area contributed by atoms with Crippen molar-refractivity contribution < 1.29 is 15.0 Å². The van der Waals surface area contributed by atoms with E-state index in [1.807, 2.05) is 12.1 Å². The molecule has 0 aliphatic rings. The van der Waals surface area contributed by atoms with Gasteiger partial charge in [-0.25, -0.2) is 9.97 Å². The van der Waals surface area contributed by atoms with Gasteiger partial charge in [-0.1, -0.05) is 19.1 Å². The summed E-state index contributed by atoms with van der Waals surface area (Å²) in [6, 6.07) is 7.23. The zero-order valence-electron chi connectivity index (χ0n) is 14.7. The molecule has 136 valence electrons. The Balaban J connectivity index is 1.98. The minimum Gasteiger partial charge on any atom is -0.394 e. The molecule has 7 heteroatoms. The highest BCUT2D eigenvalue weighted by atomic mass is 32.1. The van der Waals surface area contributed by atoms with Gasteiger partial charge >= 0.3 is 0 Å². The molecule has 3 aromatic rings. The van der Waals surface area contributed by atoms with Crippen LogP contribution in [-0.4, -0.2) is 45.3 Å². The third-order valence-corrected chi connectivity index (χ3v) is 5.31. The summed E-state index contributed by atoms with van der Waals surface area (Å²) in [6.07, 6.45) is 1.48. The Morgan fingerprint density at radius 1 is 1.35 bits per heavy atom. The third-order valence-electron chi connectivity index (χ3n) is 4.25. The lowest BCUT2D eigenvalue weighted by Gasteiger charge is -2.10. The Morgan fingerprint density at radius 2 is 2.15 bits per heavy atom. The van der Waals surface area contributed by atoms with Crippen LogP contribution in [0.2, 0.25) is 0 Å². The summed E-state index contributed by atoms with van der Waals surface area (Å²) in [7, 11) is 0. The fourth-order valence-electron chi connectivity index (χ4n) is 2.93. The Bertz CT molecular complexity index is 939. The Kier molecular flexibility index (Phi) is 5.61. The zero-order chi connectivity index (χ0) is 18.7. The number of nitrogens with one attached hydrogen (secondary N) is 1. The highest BCUT2D eigenvalue weighted by Crippen LogP contribution is 2.35. The van der Waals surface area contributed by atoms with Crippen LogP contribution in [0, 0.1) is 6.92 Å². The number of aliphatic hydroxyl groups excluding tert-OH is 2. The molecule has 26 heavy (non-hydrogen) atoms. The van der Waals surface area contributed by atoms with Crippen molar-refractivity contribution in [3.05, 3.63) is 46.6 Å². The molecule has 1 atom stereocenters. The molecule has 0 saturated heterocycles. The van der Waals surface area contributed by atoms with Crippen LogP contribution in [0.4, 0.5) is 0 Å². The summed E-state index contributed by atoms with van der Waals surface area (Å²) in [6.45, 7) is 3.81. The van der Waals surface area contributed by atoms with Gasteiger partial charge in [-0.3, -0.25) is 4.79 Å². The molecule has 6 nitrogen and oxygen atoms in total. The molecule has 0 radical (unpaired) electrons. The maximum absolute atomic E-state index is 12.3. The first-order valence-corrected chi connectivity index (χ1v) is 9.27. The first-order chi connectivity index (χ1) is 12.5. The first-order valence-electron chi connectivity index (χ1n) is 8.45. The van der Waals surface area contributed by atoms with Crippen molar-refractivity contribution in [2.24, 2.45) is 0 Å².